The first kappa shape index (κ1) is 15.6. The van der Waals surface area contributed by atoms with Crippen LogP contribution in [0.2, 0.25) is 0 Å². The van der Waals surface area contributed by atoms with E-state index < -0.39 is 12.0 Å². The number of nitrogens with one attached hydrogen (secondary N) is 1. The van der Waals surface area contributed by atoms with Crippen LogP contribution >= 0.6 is 0 Å². The molecule has 0 aliphatic rings. The van der Waals surface area contributed by atoms with E-state index in [9.17, 15) is 9.59 Å². The average molecular weight is 298 g/mol. The molecule has 0 bridgehead atoms. The highest BCUT2D eigenvalue weighted by Gasteiger charge is 2.15. The standard InChI is InChI=1S/C17H18N2O3/c1-11-4-3-5-14(10-11)19-17(21)12(2)22-15-8-6-13(7-9-15)16(18)20/h3-10,12H,1-2H3,(H2,18,20)(H,19,21). The molecule has 2 rings (SSSR count). The van der Waals surface area contributed by atoms with Crippen LogP contribution in [0.25, 0.3) is 0 Å². The molecule has 5 heteroatoms. The number of benzene rings is 2. The molecule has 114 valence electrons. The van der Waals surface area contributed by atoms with Crippen LogP contribution < -0.4 is 15.8 Å². The predicted molar refractivity (Wildman–Crippen MR) is 84.9 cm³/mol. The fourth-order valence-corrected chi connectivity index (χ4v) is 1.92. The molecular formula is C17H18N2O3. The number of hydrogen-bond donors (Lipinski definition) is 2. The second kappa shape index (κ2) is 6.76. The summed E-state index contributed by atoms with van der Waals surface area (Å²) in [6.45, 7) is 3.61. The zero-order valence-electron chi connectivity index (χ0n) is 12.5. The lowest BCUT2D eigenvalue weighted by atomic mass is 10.2. The van der Waals surface area contributed by atoms with Gasteiger partial charge in [0, 0.05) is 11.3 Å². The van der Waals surface area contributed by atoms with Crippen molar-refractivity contribution in [2.24, 2.45) is 5.73 Å². The summed E-state index contributed by atoms with van der Waals surface area (Å²) >= 11 is 0. The molecule has 3 N–H and O–H groups in total. The Hall–Kier alpha value is -2.82. The van der Waals surface area contributed by atoms with E-state index >= 15 is 0 Å². The van der Waals surface area contributed by atoms with Crippen LogP contribution in [0, 0.1) is 6.92 Å². The van der Waals surface area contributed by atoms with Gasteiger partial charge >= 0.3 is 0 Å². The third-order valence-electron chi connectivity index (χ3n) is 3.11. The maximum atomic E-state index is 12.1. The molecular weight excluding hydrogens is 280 g/mol. The topological polar surface area (TPSA) is 81.4 Å². The molecule has 0 heterocycles. The summed E-state index contributed by atoms with van der Waals surface area (Å²) in [5.41, 5.74) is 7.35. The molecule has 0 aliphatic heterocycles. The monoisotopic (exact) mass is 298 g/mol. The van der Waals surface area contributed by atoms with Gasteiger partial charge in [0.2, 0.25) is 5.91 Å². The van der Waals surface area contributed by atoms with Crippen LogP contribution in [0.15, 0.2) is 48.5 Å². The molecule has 5 nitrogen and oxygen atoms in total. The van der Waals surface area contributed by atoms with E-state index in [1.807, 2.05) is 31.2 Å². The minimum absolute atomic E-state index is 0.246. The summed E-state index contributed by atoms with van der Waals surface area (Å²) in [6.07, 6.45) is -0.667. The largest absolute Gasteiger partial charge is 0.481 e. The number of primary amides is 1. The Morgan fingerprint density at radius 1 is 1.14 bits per heavy atom. The van der Waals surface area contributed by atoms with Gasteiger partial charge in [0.25, 0.3) is 5.91 Å². The summed E-state index contributed by atoms with van der Waals surface area (Å²) in [5, 5.41) is 2.79. The zero-order chi connectivity index (χ0) is 16.1. The van der Waals surface area contributed by atoms with Gasteiger partial charge in [-0.15, -0.1) is 0 Å². The van der Waals surface area contributed by atoms with Gasteiger partial charge < -0.3 is 15.8 Å². The molecule has 2 aromatic carbocycles. The van der Waals surface area contributed by atoms with Crippen molar-refractivity contribution < 1.29 is 14.3 Å². The van der Waals surface area contributed by atoms with Crippen LogP contribution in [0.1, 0.15) is 22.8 Å². The third kappa shape index (κ3) is 4.09. The highest BCUT2D eigenvalue weighted by molar-refractivity contribution is 5.94. The molecule has 1 unspecified atom stereocenters. The van der Waals surface area contributed by atoms with Gasteiger partial charge in [0.15, 0.2) is 6.10 Å². The Bertz CT molecular complexity index is 681. The molecule has 0 spiro atoms. The summed E-state index contributed by atoms with van der Waals surface area (Å²) in [4.78, 5) is 23.1. The predicted octanol–water partition coefficient (Wildman–Crippen LogP) is 2.50. The summed E-state index contributed by atoms with van der Waals surface area (Å²) < 4.78 is 5.55. The van der Waals surface area contributed by atoms with E-state index in [2.05, 4.69) is 5.32 Å². The first-order valence-corrected chi connectivity index (χ1v) is 6.90. The molecule has 22 heavy (non-hydrogen) atoms. The van der Waals surface area contributed by atoms with Crippen molar-refractivity contribution in [1.82, 2.24) is 0 Å². The van der Waals surface area contributed by atoms with Gasteiger partial charge in [0.05, 0.1) is 0 Å². The first-order valence-electron chi connectivity index (χ1n) is 6.90. The average Bonchev–Trinajstić information content (AvgIpc) is 2.47. The van der Waals surface area contributed by atoms with Crippen LogP contribution in [-0.2, 0) is 4.79 Å². The number of carbonyl (C=O) groups excluding carboxylic acids is 2. The van der Waals surface area contributed by atoms with E-state index in [0.29, 0.717) is 11.3 Å². The van der Waals surface area contributed by atoms with E-state index in [0.717, 1.165) is 11.3 Å². The number of amides is 2. The third-order valence-corrected chi connectivity index (χ3v) is 3.11. The second-order valence-electron chi connectivity index (χ2n) is 5.01. The van der Waals surface area contributed by atoms with Crippen LogP contribution in [0.4, 0.5) is 5.69 Å². The fraction of sp³-hybridized carbons (Fsp3) is 0.176. The van der Waals surface area contributed by atoms with Crippen molar-refractivity contribution in [2.45, 2.75) is 20.0 Å². The van der Waals surface area contributed by atoms with Crippen molar-refractivity contribution in [3.63, 3.8) is 0 Å². The molecule has 0 aliphatic carbocycles. The molecule has 0 saturated heterocycles. The zero-order valence-corrected chi connectivity index (χ0v) is 12.5. The number of carbonyl (C=O) groups is 2. The molecule has 0 radical (unpaired) electrons. The van der Waals surface area contributed by atoms with Crippen molar-refractivity contribution in [2.75, 3.05) is 5.32 Å². The van der Waals surface area contributed by atoms with Gasteiger partial charge in [-0.25, -0.2) is 0 Å². The lowest BCUT2D eigenvalue weighted by Crippen LogP contribution is -2.30. The van der Waals surface area contributed by atoms with Gasteiger partial charge in [0.1, 0.15) is 5.75 Å². The Labute approximate surface area is 129 Å². The number of anilines is 1. The Balaban J connectivity index is 1.97. The number of hydrogen-bond acceptors (Lipinski definition) is 3. The van der Waals surface area contributed by atoms with Gasteiger partial charge in [-0.1, -0.05) is 12.1 Å². The highest BCUT2D eigenvalue weighted by atomic mass is 16.5. The molecule has 1 atom stereocenters. The minimum atomic E-state index is -0.667. The maximum absolute atomic E-state index is 12.1. The molecule has 0 saturated carbocycles. The lowest BCUT2D eigenvalue weighted by Gasteiger charge is -2.15. The van der Waals surface area contributed by atoms with Crippen molar-refractivity contribution in [3.8, 4) is 5.75 Å². The smallest absolute Gasteiger partial charge is 0.265 e. The highest BCUT2D eigenvalue weighted by Crippen LogP contribution is 2.15. The number of aryl methyl sites for hydroxylation is 1. The van der Waals surface area contributed by atoms with Crippen molar-refractivity contribution >= 4 is 17.5 Å². The Morgan fingerprint density at radius 3 is 2.41 bits per heavy atom. The van der Waals surface area contributed by atoms with Crippen LogP contribution in [0.5, 0.6) is 5.75 Å². The van der Waals surface area contributed by atoms with E-state index in [1.165, 1.54) is 0 Å². The van der Waals surface area contributed by atoms with Crippen LogP contribution in [0.3, 0.4) is 0 Å². The van der Waals surface area contributed by atoms with Gasteiger partial charge in [-0.3, -0.25) is 9.59 Å². The van der Waals surface area contributed by atoms with Gasteiger partial charge in [-0.2, -0.15) is 0 Å². The van der Waals surface area contributed by atoms with E-state index in [1.54, 1.807) is 31.2 Å². The first-order chi connectivity index (χ1) is 10.5. The quantitative estimate of drug-likeness (QED) is 0.889. The fourth-order valence-electron chi connectivity index (χ4n) is 1.92. The van der Waals surface area contributed by atoms with Gasteiger partial charge in [-0.05, 0) is 55.8 Å². The number of ether oxygens (including phenoxy) is 1. The van der Waals surface area contributed by atoms with Crippen molar-refractivity contribution in [1.29, 1.82) is 0 Å². The maximum Gasteiger partial charge on any atom is 0.265 e. The normalized spacial score (nSPS) is 11.5. The molecule has 0 fully saturated rings. The molecule has 0 aromatic heterocycles. The second-order valence-corrected chi connectivity index (χ2v) is 5.01. The number of nitrogens with two attached hydrogens (primary N) is 1. The van der Waals surface area contributed by atoms with E-state index in [-0.39, 0.29) is 5.91 Å². The lowest BCUT2D eigenvalue weighted by molar-refractivity contribution is -0.122. The Kier molecular flexibility index (Phi) is 4.78. The molecule has 2 aromatic rings. The van der Waals surface area contributed by atoms with Crippen LogP contribution in [-0.4, -0.2) is 17.9 Å². The van der Waals surface area contributed by atoms with Crippen molar-refractivity contribution in [3.05, 3.63) is 59.7 Å². The van der Waals surface area contributed by atoms with E-state index in [4.69, 9.17) is 10.5 Å². The summed E-state index contributed by atoms with van der Waals surface area (Å²) in [5.74, 6) is -0.252. The summed E-state index contributed by atoms with van der Waals surface area (Å²) in [7, 11) is 0. The SMILES string of the molecule is Cc1cccc(NC(=O)C(C)Oc2ccc(C(N)=O)cc2)c1. The molecule has 2 amide bonds. The number of rotatable bonds is 5. The summed E-state index contributed by atoms with van der Waals surface area (Å²) in [6, 6.07) is 13.9. The minimum Gasteiger partial charge on any atom is -0.481 e. The Morgan fingerprint density at radius 2 is 1.82 bits per heavy atom.